The Morgan fingerprint density at radius 1 is 0.826 bits per heavy atom. The van der Waals surface area contributed by atoms with Gasteiger partial charge in [0, 0.05) is 17.0 Å². The van der Waals surface area contributed by atoms with Crippen LogP contribution in [-0.2, 0) is 0 Å². The molecule has 0 atom stereocenters. The van der Waals surface area contributed by atoms with Gasteiger partial charge in [0.2, 0.25) is 0 Å². The van der Waals surface area contributed by atoms with Crippen molar-refractivity contribution < 1.29 is 9.47 Å². The lowest BCUT2D eigenvalue weighted by molar-refractivity contribution is 0.172. The summed E-state index contributed by atoms with van der Waals surface area (Å²) in [4.78, 5) is 0. The van der Waals surface area contributed by atoms with Gasteiger partial charge in [0.15, 0.2) is 11.5 Å². The standard InChI is InChI=1S/C19H14N2O2/c1-2-4-15(5-3-1)21-12-14-7-6-13-10-17-18(23-9-8-22-17)11-16(13)19(14)20-21/h1-7,10-12H,8-9H2. The van der Waals surface area contributed by atoms with Crippen molar-refractivity contribution in [3.63, 3.8) is 0 Å². The highest BCUT2D eigenvalue weighted by molar-refractivity contribution is 6.06. The Labute approximate surface area is 132 Å². The fraction of sp³-hybridized carbons (Fsp3) is 0.105. The molecule has 112 valence electrons. The van der Waals surface area contributed by atoms with Crippen molar-refractivity contribution in [3.8, 4) is 17.2 Å². The van der Waals surface area contributed by atoms with Crippen LogP contribution in [0.3, 0.4) is 0 Å². The molecule has 1 aliphatic rings. The smallest absolute Gasteiger partial charge is 0.162 e. The highest BCUT2D eigenvalue weighted by Gasteiger charge is 2.15. The molecule has 0 fully saturated rings. The van der Waals surface area contributed by atoms with Crippen molar-refractivity contribution in [3.05, 3.63) is 60.8 Å². The van der Waals surface area contributed by atoms with Crippen LogP contribution in [0.15, 0.2) is 60.8 Å². The average molecular weight is 302 g/mol. The first-order chi connectivity index (χ1) is 11.4. The maximum atomic E-state index is 5.71. The Morgan fingerprint density at radius 2 is 1.57 bits per heavy atom. The third kappa shape index (κ3) is 1.95. The maximum Gasteiger partial charge on any atom is 0.162 e. The summed E-state index contributed by atoms with van der Waals surface area (Å²) in [6, 6.07) is 18.4. The van der Waals surface area contributed by atoms with Crippen LogP contribution in [0.2, 0.25) is 0 Å². The summed E-state index contributed by atoms with van der Waals surface area (Å²) in [5, 5.41) is 8.09. The second-order valence-corrected chi connectivity index (χ2v) is 5.63. The summed E-state index contributed by atoms with van der Waals surface area (Å²) >= 11 is 0. The highest BCUT2D eigenvalue weighted by atomic mass is 16.6. The molecular formula is C19H14N2O2. The number of aromatic nitrogens is 2. The number of ether oxygens (including phenoxy) is 2. The predicted octanol–water partition coefficient (Wildman–Crippen LogP) is 3.95. The van der Waals surface area contributed by atoms with E-state index in [1.54, 1.807) is 0 Å². The van der Waals surface area contributed by atoms with Crippen molar-refractivity contribution >= 4 is 21.7 Å². The predicted molar refractivity (Wildman–Crippen MR) is 89.6 cm³/mol. The molecule has 23 heavy (non-hydrogen) atoms. The minimum absolute atomic E-state index is 0.590. The second-order valence-electron chi connectivity index (χ2n) is 5.63. The zero-order valence-corrected chi connectivity index (χ0v) is 12.4. The third-order valence-electron chi connectivity index (χ3n) is 4.18. The Kier molecular flexibility index (Phi) is 2.58. The molecule has 4 heteroatoms. The maximum absolute atomic E-state index is 5.71. The summed E-state index contributed by atoms with van der Waals surface area (Å²) in [6.45, 7) is 1.19. The molecule has 5 rings (SSSR count). The molecule has 0 unspecified atom stereocenters. The number of fused-ring (bicyclic) bond motifs is 4. The lowest BCUT2D eigenvalue weighted by Gasteiger charge is -2.18. The molecule has 0 bridgehead atoms. The van der Waals surface area contributed by atoms with E-state index < -0.39 is 0 Å². The van der Waals surface area contributed by atoms with Gasteiger partial charge >= 0.3 is 0 Å². The van der Waals surface area contributed by atoms with Crippen molar-refractivity contribution in [2.75, 3.05) is 13.2 Å². The summed E-state index contributed by atoms with van der Waals surface area (Å²) in [5.74, 6) is 1.61. The van der Waals surface area contributed by atoms with Gasteiger partial charge in [0.05, 0.1) is 5.69 Å². The van der Waals surface area contributed by atoms with E-state index in [1.807, 2.05) is 47.1 Å². The van der Waals surface area contributed by atoms with E-state index in [0.29, 0.717) is 13.2 Å². The first kappa shape index (κ1) is 12.5. The van der Waals surface area contributed by atoms with Gasteiger partial charge in [0.1, 0.15) is 18.7 Å². The van der Waals surface area contributed by atoms with E-state index in [9.17, 15) is 0 Å². The van der Waals surface area contributed by atoms with Gasteiger partial charge in [-0.2, -0.15) is 5.10 Å². The number of para-hydroxylation sites is 1. The van der Waals surface area contributed by atoms with Crippen LogP contribution in [0.25, 0.3) is 27.4 Å². The number of rotatable bonds is 1. The van der Waals surface area contributed by atoms with Crippen molar-refractivity contribution in [2.45, 2.75) is 0 Å². The van der Waals surface area contributed by atoms with Crippen LogP contribution in [0, 0.1) is 0 Å². The quantitative estimate of drug-likeness (QED) is 0.534. The first-order valence-electron chi connectivity index (χ1n) is 7.66. The largest absolute Gasteiger partial charge is 0.486 e. The van der Waals surface area contributed by atoms with Crippen molar-refractivity contribution in [1.82, 2.24) is 9.78 Å². The fourth-order valence-electron chi connectivity index (χ4n) is 3.06. The van der Waals surface area contributed by atoms with E-state index in [1.165, 1.54) is 0 Å². The zero-order valence-electron chi connectivity index (χ0n) is 12.4. The molecule has 0 saturated carbocycles. The second kappa shape index (κ2) is 4.74. The highest BCUT2D eigenvalue weighted by Crippen LogP contribution is 2.37. The molecule has 4 nitrogen and oxygen atoms in total. The van der Waals surface area contributed by atoms with Crippen LogP contribution >= 0.6 is 0 Å². The van der Waals surface area contributed by atoms with E-state index in [2.05, 4.69) is 18.3 Å². The SMILES string of the molecule is c1ccc(-n2cc3ccc4cc5c(cc4c3n2)OCCO5)cc1. The monoisotopic (exact) mass is 302 g/mol. The molecule has 0 aliphatic carbocycles. The normalized spacial score (nSPS) is 13.6. The molecule has 0 spiro atoms. The Bertz CT molecular complexity index is 1020. The van der Waals surface area contributed by atoms with Gasteiger partial charge in [-0.05, 0) is 29.7 Å². The summed E-state index contributed by atoms with van der Waals surface area (Å²) < 4.78 is 13.3. The topological polar surface area (TPSA) is 36.3 Å². The Morgan fingerprint density at radius 3 is 2.39 bits per heavy atom. The zero-order chi connectivity index (χ0) is 15.2. The van der Waals surface area contributed by atoms with Gasteiger partial charge in [-0.1, -0.05) is 30.3 Å². The van der Waals surface area contributed by atoms with Gasteiger partial charge in [0.25, 0.3) is 0 Å². The van der Waals surface area contributed by atoms with Gasteiger partial charge in [-0.3, -0.25) is 0 Å². The minimum Gasteiger partial charge on any atom is -0.486 e. The van der Waals surface area contributed by atoms with Crippen LogP contribution in [0.1, 0.15) is 0 Å². The molecule has 0 amide bonds. The molecule has 2 heterocycles. The molecule has 1 aromatic heterocycles. The number of hydrogen-bond donors (Lipinski definition) is 0. The lowest BCUT2D eigenvalue weighted by Crippen LogP contribution is -2.15. The molecule has 0 N–H and O–H groups in total. The number of nitrogens with zero attached hydrogens (tertiary/aromatic N) is 2. The van der Waals surface area contributed by atoms with Crippen LogP contribution in [0.5, 0.6) is 11.5 Å². The molecule has 0 radical (unpaired) electrons. The third-order valence-corrected chi connectivity index (χ3v) is 4.18. The molecule has 1 aliphatic heterocycles. The molecule has 4 aromatic rings. The van der Waals surface area contributed by atoms with Crippen molar-refractivity contribution in [1.29, 1.82) is 0 Å². The van der Waals surface area contributed by atoms with Crippen molar-refractivity contribution in [2.24, 2.45) is 0 Å². The van der Waals surface area contributed by atoms with Crippen LogP contribution in [-0.4, -0.2) is 23.0 Å². The van der Waals surface area contributed by atoms with Gasteiger partial charge in [-0.25, -0.2) is 4.68 Å². The van der Waals surface area contributed by atoms with Gasteiger partial charge < -0.3 is 9.47 Å². The van der Waals surface area contributed by atoms with E-state index in [-0.39, 0.29) is 0 Å². The van der Waals surface area contributed by atoms with E-state index >= 15 is 0 Å². The Hall–Kier alpha value is -3.01. The molecule has 0 saturated heterocycles. The van der Waals surface area contributed by atoms with Gasteiger partial charge in [-0.15, -0.1) is 0 Å². The summed E-state index contributed by atoms with van der Waals surface area (Å²) in [5.41, 5.74) is 2.03. The lowest BCUT2D eigenvalue weighted by atomic mass is 10.1. The Balaban J connectivity index is 1.77. The average Bonchev–Trinajstić information content (AvgIpc) is 3.05. The molecular weight excluding hydrogens is 288 g/mol. The number of benzene rings is 3. The minimum atomic E-state index is 0.590. The van der Waals surface area contributed by atoms with E-state index in [0.717, 1.165) is 38.9 Å². The van der Waals surface area contributed by atoms with Crippen LogP contribution in [0.4, 0.5) is 0 Å². The van der Waals surface area contributed by atoms with E-state index in [4.69, 9.17) is 14.6 Å². The summed E-state index contributed by atoms with van der Waals surface area (Å²) in [6.07, 6.45) is 2.06. The van der Waals surface area contributed by atoms with Crippen LogP contribution < -0.4 is 9.47 Å². The number of hydrogen-bond acceptors (Lipinski definition) is 3. The fourth-order valence-corrected chi connectivity index (χ4v) is 3.06. The first-order valence-corrected chi connectivity index (χ1v) is 7.66. The molecule has 3 aromatic carbocycles. The summed E-state index contributed by atoms with van der Waals surface area (Å²) in [7, 11) is 0.